The van der Waals surface area contributed by atoms with Crippen molar-refractivity contribution in [3.63, 3.8) is 0 Å². The Bertz CT molecular complexity index is 1540. The van der Waals surface area contributed by atoms with Crippen LogP contribution in [0.15, 0.2) is 59.7 Å². The Balaban J connectivity index is 1.36. The number of fused-ring (bicyclic) bond motifs is 1. The van der Waals surface area contributed by atoms with E-state index < -0.39 is 4.65 Å². The van der Waals surface area contributed by atoms with Gasteiger partial charge in [0.1, 0.15) is 0 Å². The number of benzene rings is 1. The summed E-state index contributed by atoms with van der Waals surface area (Å²) in [7, 11) is 3.15. The molecule has 1 aromatic carbocycles. The minimum atomic E-state index is -0.395. The zero-order valence-corrected chi connectivity index (χ0v) is 22.9. The molecule has 1 saturated heterocycles. The fraction of sp³-hybridized carbons (Fsp3) is 0.357. The highest BCUT2D eigenvalue weighted by Crippen LogP contribution is 2.22. The highest BCUT2D eigenvalue weighted by atomic mass is 16.5. The van der Waals surface area contributed by atoms with Gasteiger partial charge in [-0.2, -0.15) is 4.98 Å². The minimum Gasteiger partial charge on any atom is -0.633 e. The second-order valence-electron chi connectivity index (χ2n) is 10.3. The van der Waals surface area contributed by atoms with Crippen LogP contribution in [0.3, 0.4) is 0 Å². The molecule has 1 aliphatic heterocycles. The Hall–Kier alpha value is -4.42. The van der Waals surface area contributed by atoms with Gasteiger partial charge in [0, 0.05) is 68.6 Å². The quantitative estimate of drug-likeness (QED) is 0.201. The van der Waals surface area contributed by atoms with Crippen LogP contribution in [-0.2, 0) is 0 Å². The van der Waals surface area contributed by atoms with Crippen LogP contribution in [0.4, 0.5) is 11.9 Å². The molecule has 0 atom stereocenters. The Kier molecular flexibility index (Phi) is 7.71. The molecule has 0 saturated carbocycles. The predicted molar refractivity (Wildman–Crippen MR) is 154 cm³/mol. The highest BCUT2D eigenvalue weighted by molar-refractivity contribution is 5.94. The molecule has 4 heterocycles. The third-order valence-corrected chi connectivity index (χ3v) is 6.87. The maximum Gasteiger partial charge on any atom is 0.256 e. The summed E-state index contributed by atoms with van der Waals surface area (Å²) >= 11 is 0. The van der Waals surface area contributed by atoms with Gasteiger partial charge < -0.3 is 25.0 Å². The lowest BCUT2D eigenvalue weighted by molar-refractivity contribution is -0.840. The van der Waals surface area contributed by atoms with Crippen LogP contribution in [-0.4, -0.2) is 88.4 Å². The molecule has 12 nitrogen and oxygen atoms in total. The first-order valence-corrected chi connectivity index (χ1v) is 13.3. The summed E-state index contributed by atoms with van der Waals surface area (Å²) in [5.74, 6) is 1.04. The van der Waals surface area contributed by atoms with Gasteiger partial charge in [0.15, 0.2) is 5.65 Å². The molecule has 0 spiro atoms. The third kappa shape index (κ3) is 6.08. The normalized spacial score (nSPS) is 14.0. The lowest BCUT2D eigenvalue weighted by Gasteiger charge is -2.34. The van der Waals surface area contributed by atoms with Crippen molar-refractivity contribution in [3.8, 4) is 5.69 Å². The predicted octanol–water partition coefficient (Wildman–Crippen LogP) is 1.90. The van der Waals surface area contributed by atoms with Gasteiger partial charge in [-0.3, -0.25) is 14.2 Å². The zero-order chi connectivity index (χ0) is 28.3. The van der Waals surface area contributed by atoms with E-state index in [-0.39, 0.29) is 11.5 Å². The minimum absolute atomic E-state index is 0.224. The SMILES string of the molecule is Cc1nc(N2CCN(c3ncccn3)CC2)nc2c1ccc(=O)n2-c1ccc(C(=O)NCCC[N+](C)(C)[O-])cc1. The van der Waals surface area contributed by atoms with Crippen molar-refractivity contribution in [2.75, 3.05) is 63.2 Å². The number of hydrogen-bond donors (Lipinski definition) is 1. The summed E-state index contributed by atoms with van der Waals surface area (Å²) in [4.78, 5) is 48.2. The van der Waals surface area contributed by atoms with E-state index in [4.69, 9.17) is 9.97 Å². The molecule has 5 rings (SSSR count). The van der Waals surface area contributed by atoms with Crippen LogP contribution in [0, 0.1) is 12.1 Å². The average Bonchev–Trinajstić information content (AvgIpc) is 2.95. The molecule has 12 heteroatoms. The fourth-order valence-corrected chi connectivity index (χ4v) is 4.73. The number of hydroxylamine groups is 3. The maximum atomic E-state index is 13.1. The summed E-state index contributed by atoms with van der Waals surface area (Å²) in [5.41, 5.74) is 2.14. The molecule has 0 unspecified atom stereocenters. The molecule has 0 radical (unpaired) electrons. The molecule has 1 fully saturated rings. The first kappa shape index (κ1) is 27.2. The van der Waals surface area contributed by atoms with Crippen LogP contribution in [0.5, 0.6) is 0 Å². The van der Waals surface area contributed by atoms with E-state index >= 15 is 0 Å². The molecule has 0 aliphatic carbocycles. The van der Waals surface area contributed by atoms with Gasteiger partial charge >= 0.3 is 0 Å². The average molecular weight is 544 g/mol. The molecule has 3 aromatic heterocycles. The second kappa shape index (κ2) is 11.4. The molecule has 0 bridgehead atoms. The van der Waals surface area contributed by atoms with Gasteiger partial charge in [-0.25, -0.2) is 15.0 Å². The van der Waals surface area contributed by atoms with Crippen LogP contribution >= 0.6 is 0 Å². The summed E-state index contributed by atoms with van der Waals surface area (Å²) in [6.45, 7) is 5.58. The third-order valence-electron chi connectivity index (χ3n) is 6.87. The maximum absolute atomic E-state index is 13.1. The van der Waals surface area contributed by atoms with Gasteiger partial charge in [-0.1, -0.05) is 0 Å². The first-order valence-electron chi connectivity index (χ1n) is 13.3. The Labute approximate surface area is 232 Å². The highest BCUT2D eigenvalue weighted by Gasteiger charge is 2.22. The number of nitrogens with one attached hydrogen (secondary N) is 1. The molecular formula is C28H33N9O3. The van der Waals surface area contributed by atoms with Crippen molar-refractivity contribution in [3.05, 3.63) is 81.7 Å². The zero-order valence-electron chi connectivity index (χ0n) is 22.9. The van der Waals surface area contributed by atoms with Crippen LogP contribution < -0.4 is 20.7 Å². The van der Waals surface area contributed by atoms with E-state index in [9.17, 15) is 14.8 Å². The van der Waals surface area contributed by atoms with Crippen molar-refractivity contribution >= 4 is 28.8 Å². The number of pyridine rings is 1. The lowest BCUT2D eigenvalue weighted by Crippen LogP contribution is -2.47. The Morgan fingerprint density at radius 1 is 0.950 bits per heavy atom. The van der Waals surface area contributed by atoms with E-state index in [1.54, 1.807) is 67.5 Å². The van der Waals surface area contributed by atoms with E-state index in [2.05, 4.69) is 25.1 Å². The number of rotatable bonds is 8. The van der Waals surface area contributed by atoms with E-state index in [0.29, 0.717) is 61.4 Å². The Morgan fingerprint density at radius 2 is 1.60 bits per heavy atom. The molecule has 1 N–H and O–H groups in total. The number of hydrogen-bond acceptors (Lipinski definition) is 9. The number of nitrogens with zero attached hydrogens (tertiary/aromatic N) is 8. The van der Waals surface area contributed by atoms with Gasteiger partial charge in [0.25, 0.3) is 11.5 Å². The van der Waals surface area contributed by atoms with Gasteiger partial charge in [-0.15, -0.1) is 0 Å². The second-order valence-corrected chi connectivity index (χ2v) is 10.3. The lowest BCUT2D eigenvalue weighted by atomic mass is 10.1. The fourth-order valence-electron chi connectivity index (χ4n) is 4.73. The van der Waals surface area contributed by atoms with Crippen molar-refractivity contribution < 1.29 is 9.44 Å². The van der Waals surface area contributed by atoms with Gasteiger partial charge in [0.05, 0.1) is 32.0 Å². The van der Waals surface area contributed by atoms with E-state index in [0.717, 1.165) is 24.2 Å². The molecule has 40 heavy (non-hydrogen) atoms. The smallest absolute Gasteiger partial charge is 0.256 e. The number of piperazine rings is 1. The van der Waals surface area contributed by atoms with Crippen LogP contribution in [0.25, 0.3) is 16.7 Å². The number of anilines is 2. The molecule has 1 aliphatic rings. The summed E-state index contributed by atoms with van der Waals surface area (Å²) in [6.07, 6.45) is 4.06. The standard InChI is InChI=1S/C28H33N9O3/c1-20-23-10-11-24(38)36(22-8-6-21(7-9-22)26(39)29-14-5-19-37(2,3)40)25(23)33-28(32-20)35-17-15-34(16-18-35)27-30-12-4-13-31-27/h4,6-13H,5,14-19H2,1-3H3,(H,29,39). The number of carbonyl (C=O) groups excluding carboxylic acids is 1. The van der Waals surface area contributed by atoms with Gasteiger partial charge in [0.2, 0.25) is 11.9 Å². The molecule has 1 amide bonds. The topological polar surface area (TPSA) is 132 Å². The first-order chi connectivity index (χ1) is 19.2. The summed E-state index contributed by atoms with van der Waals surface area (Å²) in [6, 6.07) is 11.9. The molecule has 208 valence electrons. The van der Waals surface area contributed by atoms with Crippen molar-refractivity contribution in [2.24, 2.45) is 0 Å². The molecule has 4 aromatic rings. The van der Waals surface area contributed by atoms with Crippen LogP contribution in [0.1, 0.15) is 22.5 Å². The number of carbonyl (C=O) groups is 1. The van der Waals surface area contributed by atoms with E-state index in [1.807, 2.05) is 6.92 Å². The Morgan fingerprint density at radius 3 is 2.25 bits per heavy atom. The summed E-state index contributed by atoms with van der Waals surface area (Å²) in [5, 5.41) is 15.3. The number of amides is 1. The van der Waals surface area contributed by atoms with Crippen LogP contribution in [0.2, 0.25) is 0 Å². The summed E-state index contributed by atoms with van der Waals surface area (Å²) < 4.78 is 1.16. The van der Waals surface area contributed by atoms with Gasteiger partial charge in [-0.05, 0) is 43.3 Å². The molecular weight excluding hydrogens is 510 g/mol. The van der Waals surface area contributed by atoms with Crippen molar-refractivity contribution in [1.82, 2.24) is 29.8 Å². The number of aromatic nitrogens is 5. The van der Waals surface area contributed by atoms with Crippen molar-refractivity contribution in [2.45, 2.75) is 13.3 Å². The van der Waals surface area contributed by atoms with Crippen molar-refractivity contribution in [1.29, 1.82) is 0 Å². The number of quaternary nitrogens is 1. The largest absolute Gasteiger partial charge is 0.633 e. The monoisotopic (exact) mass is 543 g/mol. The number of aryl methyl sites for hydroxylation is 1. The van der Waals surface area contributed by atoms with E-state index in [1.165, 1.54) is 6.07 Å².